The highest BCUT2D eigenvalue weighted by atomic mass is 32.1. The van der Waals surface area contributed by atoms with E-state index in [9.17, 15) is 9.59 Å². The lowest BCUT2D eigenvalue weighted by atomic mass is 9.77. The second-order valence-electron chi connectivity index (χ2n) is 9.03. The Morgan fingerprint density at radius 3 is 2.53 bits per heavy atom. The molecule has 1 N–H and O–H groups in total. The second-order valence-corrected chi connectivity index (χ2v) is 10.0. The van der Waals surface area contributed by atoms with Crippen molar-refractivity contribution in [2.24, 2.45) is 11.8 Å². The molecule has 2 aromatic rings. The van der Waals surface area contributed by atoms with Crippen LogP contribution < -0.4 is 14.8 Å². The summed E-state index contributed by atoms with van der Waals surface area (Å²) < 4.78 is 11.0. The van der Waals surface area contributed by atoms with Crippen LogP contribution >= 0.6 is 11.3 Å². The number of methoxy groups -OCH3 is 2. The van der Waals surface area contributed by atoms with Gasteiger partial charge in [-0.05, 0) is 47.4 Å². The van der Waals surface area contributed by atoms with Crippen molar-refractivity contribution in [3.63, 3.8) is 0 Å². The largest absolute Gasteiger partial charge is 0.493 e. The van der Waals surface area contributed by atoms with Crippen molar-refractivity contribution in [2.45, 2.75) is 51.1 Å². The number of rotatable bonds is 5. The minimum atomic E-state index is -0.532. The van der Waals surface area contributed by atoms with Gasteiger partial charge in [0.15, 0.2) is 11.5 Å². The highest BCUT2D eigenvalue weighted by molar-refractivity contribution is 7.10. The average molecular weight is 457 g/mol. The smallest absolute Gasteiger partial charge is 0.254 e. The van der Waals surface area contributed by atoms with Gasteiger partial charge in [-0.3, -0.25) is 9.59 Å². The highest BCUT2D eigenvalue weighted by Gasteiger charge is 2.45. The number of ether oxygens (including phenoxy) is 2. The van der Waals surface area contributed by atoms with Crippen LogP contribution in [0.5, 0.6) is 11.5 Å². The van der Waals surface area contributed by atoms with Gasteiger partial charge >= 0.3 is 0 Å². The van der Waals surface area contributed by atoms with Gasteiger partial charge in [-0.25, -0.2) is 0 Å². The number of nitrogens with one attached hydrogen (secondary N) is 1. The molecule has 0 saturated heterocycles. The first-order valence-electron chi connectivity index (χ1n) is 11.2. The normalized spacial score (nSPS) is 27.6. The van der Waals surface area contributed by atoms with E-state index < -0.39 is 5.92 Å². The number of carbonyl (C=O) groups excluding carboxylic acids is 2. The van der Waals surface area contributed by atoms with Crippen LogP contribution in [0.2, 0.25) is 0 Å². The number of thiophene rings is 1. The van der Waals surface area contributed by atoms with E-state index in [1.807, 2.05) is 17.5 Å². The zero-order chi connectivity index (χ0) is 23.0. The molecule has 172 valence electrons. The number of fused-ring (bicyclic) bond motifs is 1. The summed E-state index contributed by atoms with van der Waals surface area (Å²) in [6.07, 6.45) is 3.31. The first-order chi connectivity index (χ1) is 15.4. The van der Waals surface area contributed by atoms with Crippen molar-refractivity contribution >= 4 is 23.2 Å². The van der Waals surface area contributed by atoms with Gasteiger partial charge in [0.2, 0.25) is 5.91 Å². The summed E-state index contributed by atoms with van der Waals surface area (Å²) in [6.45, 7) is 4.49. The molecule has 0 radical (unpaired) electrons. The van der Waals surface area contributed by atoms with Gasteiger partial charge < -0.3 is 19.7 Å². The molecule has 1 aromatic carbocycles. The number of carbonyl (C=O) groups is 2. The molecule has 2 aliphatic rings. The predicted octanol–water partition coefficient (Wildman–Crippen LogP) is 4.62. The zero-order valence-electron chi connectivity index (χ0n) is 19.4. The Bertz CT molecular complexity index is 990. The molecule has 1 saturated carbocycles. The zero-order valence-corrected chi connectivity index (χ0v) is 20.2. The average Bonchev–Trinajstić information content (AvgIpc) is 3.32. The predicted molar refractivity (Wildman–Crippen MR) is 126 cm³/mol. The van der Waals surface area contributed by atoms with Crippen molar-refractivity contribution in [1.29, 1.82) is 0 Å². The maximum atomic E-state index is 13.9. The van der Waals surface area contributed by atoms with Crippen LogP contribution in [0.3, 0.4) is 0 Å². The Hall–Kier alpha value is -2.54. The van der Waals surface area contributed by atoms with E-state index in [-0.39, 0.29) is 23.9 Å². The summed E-state index contributed by atoms with van der Waals surface area (Å²) in [7, 11) is 4.89. The molecule has 2 heterocycles. The third-order valence-corrected chi connectivity index (χ3v) is 8.27. The molecular weight excluding hydrogens is 424 g/mol. The van der Waals surface area contributed by atoms with Crippen LogP contribution in [-0.4, -0.2) is 44.0 Å². The van der Waals surface area contributed by atoms with Crippen LogP contribution in [0.1, 0.15) is 65.9 Å². The Morgan fingerprint density at radius 1 is 1.16 bits per heavy atom. The molecule has 1 fully saturated rings. The number of hydrogen-bond acceptors (Lipinski definition) is 5. The Morgan fingerprint density at radius 2 is 1.88 bits per heavy atom. The fraction of sp³-hybridized carbons (Fsp3) is 0.520. The minimum Gasteiger partial charge on any atom is -0.493 e. The molecule has 1 aliphatic heterocycles. The van der Waals surface area contributed by atoms with Gasteiger partial charge in [-0.2, -0.15) is 0 Å². The Kier molecular flexibility index (Phi) is 6.47. The quantitative estimate of drug-likeness (QED) is 0.713. The lowest BCUT2D eigenvalue weighted by Gasteiger charge is -2.41. The molecule has 6 nitrogen and oxygen atoms in total. The van der Waals surface area contributed by atoms with E-state index >= 15 is 0 Å². The van der Waals surface area contributed by atoms with Crippen LogP contribution in [0, 0.1) is 11.8 Å². The van der Waals surface area contributed by atoms with E-state index in [4.69, 9.17) is 9.47 Å². The van der Waals surface area contributed by atoms with Crippen molar-refractivity contribution in [3.05, 3.63) is 45.6 Å². The first kappa shape index (κ1) is 22.6. The summed E-state index contributed by atoms with van der Waals surface area (Å²) in [5.74, 6) is 1.30. The fourth-order valence-electron chi connectivity index (χ4n) is 5.20. The molecule has 32 heavy (non-hydrogen) atoms. The van der Waals surface area contributed by atoms with Crippen LogP contribution in [0.4, 0.5) is 0 Å². The van der Waals surface area contributed by atoms with Crippen molar-refractivity contribution < 1.29 is 19.1 Å². The second kappa shape index (κ2) is 9.14. The van der Waals surface area contributed by atoms with E-state index in [0.29, 0.717) is 34.5 Å². The third-order valence-electron chi connectivity index (χ3n) is 7.33. The van der Waals surface area contributed by atoms with Crippen molar-refractivity contribution in [1.82, 2.24) is 10.2 Å². The third kappa shape index (κ3) is 3.87. The van der Waals surface area contributed by atoms with Gasteiger partial charge in [-0.1, -0.05) is 32.8 Å². The van der Waals surface area contributed by atoms with E-state index in [0.717, 1.165) is 17.7 Å². The van der Waals surface area contributed by atoms with Gasteiger partial charge in [0.05, 0.1) is 26.2 Å². The maximum Gasteiger partial charge on any atom is 0.254 e. The number of hydrogen-bond donors (Lipinski definition) is 1. The molecule has 5 atom stereocenters. The Labute approximate surface area is 193 Å². The molecule has 0 spiro atoms. The lowest BCUT2D eigenvalue weighted by molar-refractivity contribution is -0.125. The van der Waals surface area contributed by atoms with E-state index in [1.165, 1.54) is 6.42 Å². The van der Waals surface area contributed by atoms with Crippen molar-refractivity contribution in [3.8, 4) is 11.5 Å². The lowest BCUT2D eigenvalue weighted by Crippen LogP contribution is -2.50. The van der Waals surface area contributed by atoms with Crippen molar-refractivity contribution in [2.75, 3.05) is 21.3 Å². The fourth-order valence-corrected chi connectivity index (χ4v) is 6.11. The molecule has 2 amide bonds. The Balaban J connectivity index is 1.80. The highest BCUT2D eigenvalue weighted by Crippen LogP contribution is 2.46. The first-order valence-corrected chi connectivity index (χ1v) is 12.1. The van der Waals surface area contributed by atoms with Crippen LogP contribution in [0.15, 0.2) is 29.6 Å². The molecular formula is C25H32N2O4S. The summed E-state index contributed by atoms with van der Waals surface area (Å²) in [5, 5.41) is 5.34. The molecule has 4 rings (SSSR count). The molecule has 0 unspecified atom stereocenters. The van der Waals surface area contributed by atoms with Gasteiger partial charge in [0.25, 0.3) is 5.91 Å². The standard InChI is InChI=1S/C25H32N2O4S/c1-14-8-6-9-18(15(14)2)26-24(28)22-16-12-19(30-4)20(31-5)13-17(16)25(29)27(3)23(22)21-10-7-11-32-21/h7,10-15,18,22-23H,6,8-9H2,1-5H3,(H,26,28)/t14-,15+,18+,22-,23+/m0/s1. The maximum absolute atomic E-state index is 13.9. The summed E-state index contributed by atoms with van der Waals surface area (Å²) in [5.41, 5.74) is 1.18. The molecule has 0 bridgehead atoms. The minimum absolute atomic E-state index is 0.0397. The van der Waals surface area contributed by atoms with Gasteiger partial charge in [0, 0.05) is 23.5 Å². The van der Waals surface area contributed by atoms with Gasteiger partial charge in [-0.15, -0.1) is 11.3 Å². The summed E-state index contributed by atoms with van der Waals surface area (Å²) in [6, 6.07) is 7.23. The number of benzene rings is 1. The number of likely N-dealkylation sites (N-methyl/N-ethyl adjacent to an activating group) is 1. The monoisotopic (exact) mass is 456 g/mol. The summed E-state index contributed by atoms with van der Waals surface area (Å²) >= 11 is 1.57. The molecule has 7 heteroatoms. The number of nitrogens with zero attached hydrogens (tertiary/aromatic N) is 1. The molecule has 1 aliphatic carbocycles. The van der Waals surface area contributed by atoms with Gasteiger partial charge in [0.1, 0.15) is 0 Å². The van der Waals surface area contributed by atoms with E-state index in [2.05, 4.69) is 19.2 Å². The topological polar surface area (TPSA) is 67.9 Å². The molecule has 1 aromatic heterocycles. The number of amides is 2. The summed E-state index contributed by atoms with van der Waals surface area (Å²) in [4.78, 5) is 29.9. The van der Waals surface area contributed by atoms with E-state index in [1.54, 1.807) is 49.6 Å². The van der Waals surface area contributed by atoms with Crippen LogP contribution in [0.25, 0.3) is 0 Å². The van der Waals surface area contributed by atoms with Crippen LogP contribution in [-0.2, 0) is 4.79 Å². The SMILES string of the molecule is COc1cc2c(cc1OC)[C@H](C(=O)N[C@@H]1CCC[C@H](C)[C@H]1C)[C@@H](c1cccs1)N(C)C2=O.